The lowest BCUT2D eigenvalue weighted by Crippen LogP contribution is -2.51. The fraction of sp³-hybridized carbons (Fsp3) is 0.429. The molecule has 2 fully saturated rings. The smallest absolute Gasteiger partial charge is 0.233 e. The highest BCUT2D eigenvalue weighted by atomic mass is 19.1. The Labute approximate surface area is 157 Å². The van der Waals surface area contributed by atoms with Gasteiger partial charge in [-0.25, -0.2) is 8.78 Å². The topological polar surface area (TPSA) is 42.4 Å². The van der Waals surface area contributed by atoms with E-state index in [0.29, 0.717) is 38.1 Å². The summed E-state index contributed by atoms with van der Waals surface area (Å²) in [5.74, 6) is -1.31. The van der Waals surface area contributed by atoms with Crippen molar-refractivity contribution in [3.8, 4) is 0 Å². The van der Waals surface area contributed by atoms with E-state index < -0.39 is 17.0 Å². The summed E-state index contributed by atoms with van der Waals surface area (Å²) in [6, 6.07) is 7.33. The summed E-state index contributed by atoms with van der Waals surface area (Å²) in [7, 11) is 0. The third-order valence-corrected chi connectivity index (χ3v) is 5.73. The van der Waals surface area contributed by atoms with Crippen molar-refractivity contribution in [2.24, 2.45) is 0 Å². The van der Waals surface area contributed by atoms with Gasteiger partial charge < -0.3 is 9.64 Å². The Morgan fingerprint density at radius 1 is 1.22 bits per heavy atom. The maximum atomic E-state index is 14.4. The third kappa shape index (κ3) is 3.46. The maximum absolute atomic E-state index is 14.4. The summed E-state index contributed by atoms with van der Waals surface area (Å²) < 4.78 is 33.6. The molecule has 0 N–H and O–H groups in total. The Morgan fingerprint density at radius 3 is 2.67 bits per heavy atom. The minimum atomic E-state index is -0.849. The van der Waals surface area contributed by atoms with Crippen LogP contribution in [-0.2, 0) is 21.6 Å². The highest BCUT2D eigenvalue weighted by molar-refractivity contribution is 5.89. The molecule has 2 heterocycles. The number of halogens is 2. The van der Waals surface area contributed by atoms with Gasteiger partial charge in [-0.2, -0.15) is 0 Å². The van der Waals surface area contributed by atoms with E-state index in [9.17, 15) is 13.6 Å². The predicted octanol–water partition coefficient (Wildman–Crippen LogP) is 3.60. The molecule has 1 aromatic heterocycles. The first-order valence-electron chi connectivity index (χ1n) is 9.34. The van der Waals surface area contributed by atoms with Crippen LogP contribution in [0.3, 0.4) is 0 Å². The van der Waals surface area contributed by atoms with Gasteiger partial charge in [0.25, 0.3) is 0 Å². The van der Waals surface area contributed by atoms with Crippen molar-refractivity contribution in [2.75, 3.05) is 13.1 Å². The first-order chi connectivity index (χ1) is 13.1. The first-order valence-corrected chi connectivity index (χ1v) is 9.34. The number of carbonyl (C=O) groups excluding carboxylic acids is 1. The van der Waals surface area contributed by atoms with Gasteiger partial charge in [0.05, 0.1) is 18.1 Å². The van der Waals surface area contributed by atoms with Crippen LogP contribution in [0.5, 0.6) is 0 Å². The summed E-state index contributed by atoms with van der Waals surface area (Å²) >= 11 is 0. The standard InChI is InChI=1S/C21H22F2N2O2/c22-16-2-3-18(19(23)12-16)21(7-1-8-21)20(26)25-11-6-17(13-25)27-14-15-4-9-24-10-5-15/h2-5,9-10,12,17H,1,6-8,11,13-14H2. The van der Waals surface area contributed by atoms with Gasteiger partial charge in [0, 0.05) is 37.1 Å². The minimum Gasteiger partial charge on any atom is -0.372 e. The molecular weight excluding hydrogens is 350 g/mol. The second-order valence-electron chi connectivity index (χ2n) is 7.39. The van der Waals surface area contributed by atoms with E-state index >= 15 is 0 Å². The number of hydrogen-bond donors (Lipinski definition) is 0. The van der Waals surface area contributed by atoms with Gasteiger partial charge in [0.1, 0.15) is 11.6 Å². The van der Waals surface area contributed by atoms with E-state index in [-0.39, 0.29) is 12.0 Å². The van der Waals surface area contributed by atoms with E-state index in [1.165, 1.54) is 12.1 Å². The van der Waals surface area contributed by atoms with Gasteiger partial charge in [0.15, 0.2) is 0 Å². The largest absolute Gasteiger partial charge is 0.372 e. The van der Waals surface area contributed by atoms with Crippen LogP contribution in [0.1, 0.15) is 36.8 Å². The molecule has 4 rings (SSSR count). The highest BCUT2D eigenvalue weighted by Gasteiger charge is 2.50. The van der Waals surface area contributed by atoms with Crippen molar-refractivity contribution >= 4 is 5.91 Å². The normalized spacial score (nSPS) is 21.1. The number of amides is 1. The van der Waals surface area contributed by atoms with Gasteiger partial charge in [-0.05, 0) is 43.0 Å². The second kappa shape index (κ2) is 7.35. The van der Waals surface area contributed by atoms with E-state index in [0.717, 1.165) is 24.5 Å². The van der Waals surface area contributed by atoms with Crippen molar-refractivity contribution < 1.29 is 18.3 Å². The lowest BCUT2D eigenvalue weighted by molar-refractivity contribution is -0.140. The predicted molar refractivity (Wildman–Crippen MR) is 95.9 cm³/mol. The summed E-state index contributed by atoms with van der Waals surface area (Å²) in [6.07, 6.45) is 6.26. The van der Waals surface area contributed by atoms with Crippen LogP contribution in [0.4, 0.5) is 8.78 Å². The molecule has 142 valence electrons. The molecule has 2 aliphatic rings. The molecule has 4 nitrogen and oxygen atoms in total. The van der Waals surface area contributed by atoms with Gasteiger partial charge in [-0.3, -0.25) is 9.78 Å². The molecule has 0 radical (unpaired) electrons. The molecule has 2 aromatic rings. The van der Waals surface area contributed by atoms with E-state index in [1.807, 2.05) is 12.1 Å². The van der Waals surface area contributed by atoms with Crippen LogP contribution in [0.15, 0.2) is 42.7 Å². The molecule has 27 heavy (non-hydrogen) atoms. The van der Waals surface area contributed by atoms with Crippen molar-refractivity contribution in [3.63, 3.8) is 0 Å². The molecule has 6 heteroatoms. The molecule has 1 aromatic carbocycles. The summed E-state index contributed by atoms with van der Waals surface area (Å²) in [6.45, 7) is 1.59. The third-order valence-electron chi connectivity index (χ3n) is 5.73. The number of ether oxygens (including phenoxy) is 1. The number of hydrogen-bond acceptors (Lipinski definition) is 3. The van der Waals surface area contributed by atoms with Crippen molar-refractivity contribution in [1.29, 1.82) is 0 Å². The number of carbonyl (C=O) groups is 1. The molecule has 1 amide bonds. The van der Waals surface area contributed by atoms with E-state index in [1.54, 1.807) is 17.3 Å². The summed E-state index contributed by atoms with van der Waals surface area (Å²) in [5.41, 5.74) is 0.512. The van der Waals surface area contributed by atoms with Gasteiger partial charge in [-0.1, -0.05) is 12.5 Å². The molecule has 1 unspecified atom stereocenters. The van der Waals surface area contributed by atoms with Crippen LogP contribution < -0.4 is 0 Å². The quantitative estimate of drug-likeness (QED) is 0.805. The Bertz CT molecular complexity index is 824. The van der Waals surface area contributed by atoms with Crippen molar-refractivity contribution in [1.82, 2.24) is 9.88 Å². The number of aromatic nitrogens is 1. The first kappa shape index (κ1) is 18.0. The summed E-state index contributed by atoms with van der Waals surface area (Å²) in [5, 5.41) is 0. The molecule has 1 saturated carbocycles. The molecule has 1 atom stereocenters. The summed E-state index contributed by atoms with van der Waals surface area (Å²) in [4.78, 5) is 19.0. The fourth-order valence-corrected chi connectivity index (χ4v) is 4.05. The Hall–Kier alpha value is -2.34. The average Bonchev–Trinajstić information content (AvgIpc) is 3.10. The number of pyridine rings is 1. The number of likely N-dealkylation sites (tertiary alicyclic amines) is 1. The molecule has 1 saturated heterocycles. The van der Waals surface area contributed by atoms with Gasteiger partial charge >= 0.3 is 0 Å². The lowest BCUT2D eigenvalue weighted by Gasteiger charge is -2.43. The van der Waals surface area contributed by atoms with E-state index in [4.69, 9.17) is 4.74 Å². The van der Waals surface area contributed by atoms with E-state index in [2.05, 4.69) is 4.98 Å². The van der Waals surface area contributed by atoms with Crippen LogP contribution >= 0.6 is 0 Å². The fourth-order valence-electron chi connectivity index (χ4n) is 4.05. The molecular formula is C21H22F2N2O2. The van der Waals surface area contributed by atoms with Crippen LogP contribution in [0.25, 0.3) is 0 Å². The SMILES string of the molecule is O=C(N1CCC(OCc2ccncc2)C1)C1(c2ccc(F)cc2F)CCC1. The molecule has 1 aliphatic carbocycles. The monoisotopic (exact) mass is 372 g/mol. The molecule has 0 spiro atoms. The second-order valence-corrected chi connectivity index (χ2v) is 7.39. The number of rotatable bonds is 5. The maximum Gasteiger partial charge on any atom is 0.233 e. The zero-order valence-electron chi connectivity index (χ0n) is 15.0. The Balaban J connectivity index is 1.43. The Kier molecular flexibility index (Phi) is 4.91. The van der Waals surface area contributed by atoms with Crippen LogP contribution in [0.2, 0.25) is 0 Å². The number of nitrogens with zero attached hydrogens (tertiary/aromatic N) is 2. The Morgan fingerprint density at radius 2 is 2.00 bits per heavy atom. The number of benzene rings is 1. The molecule has 0 bridgehead atoms. The highest BCUT2D eigenvalue weighted by Crippen LogP contribution is 2.46. The van der Waals surface area contributed by atoms with Gasteiger partial charge in [-0.15, -0.1) is 0 Å². The zero-order chi connectivity index (χ0) is 18.9. The van der Waals surface area contributed by atoms with Crippen molar-refractivity contribution in [2.45, 2.75) is 43.8 Å². The van der Waals surface area contributed by atoms with Crippen molar-refractivity contribution in [3.05, 3.63) is 65.5 Å². The average molecular weight is 372 g/mol. The lowest BCUT2D eigenvalue weighted by atomic mass is 9.63. The minimum absolute atomic E-state index is 0.0303. The van der Waals surface area contributed by atoms with Crippen LogP contribution in [-0.4, -0.2) is 35.0 Å². The zero-order valence-corrected chi connectivity index (χ0v) is 15.0. The van der Waals surface area contributed by atoms with Gasteiger partial charge in [0.2, 0.25) is 5.91 Å². The van der Waals surface area contributed by atoms with Crippen LogP contribution in [0, 0.1) is 11.6 Å². The molecule has 1 aliphatic heterocycles.